The van der Waals surface area contributed by atoms with Gasteiger partial charge in [-0.05, 0) is 57.5 Å². The van der Waals surface area contributed by atoms with Crippen LogP contribution < -0.4 is 0 Å². The smallest absolute Gasteiger partial charge is 0.174 e. The van der Waals surface area contributed by atoms with Gasteiger partial charge < -0.3 is 4.57 Å². The summed E-state index contributed by atoms with van der Waals surface area (Å²) in [5, 5.41) is 1.91. The number of thioether (sulfide) groups is 1. The van der Waals surface area contributed by atoms with Crippen molar-refractivity contribution in [1.82, 2.24) is 14.5 Å². The molecule has 4 rings (SSSR count). The number of ketones is 1. The van der Waals surface area contributed by atoms with Crippen molar-refractivity contribution in [3.63, 3.8) is 0 Å². The number of aryl methyl sites for hydroxylation is 3. The highest BCUT2D eigenvalue weighted by atomic mass is 35.5. The molecule has 4 nitrogen and oxygen atoms in total. The van der Waals surface area contributed by atoms with Crippen molar-refractivity contribution >= 4 is 50.7 Å². The van der Waals surface area contributed by atoms with E-state index in [-0.39, 0.29) is 16.6 Å². The lowest BCUT2D eigenvalue weighted by molar-refractivity contribution is 0.102. The number of carbonyl (C=O) groups excluding carboxylic acids is 1. The zero-order chi connectivity index (χ0) is 21.6. The Hall–Kier alpha value is -2.22. The van der Waals surface area contributed by atoms with Gasteiger partial charge in [0.25, 0.3) is 0 Å². The summed E-state index contributed by atoms with van der Waals surface area (Å²) in [4.78, 5) is 23.9. The number of carbonyl (C=O) groups is 1. The van der Waals surface area contributed by atoms with Crippen molar-refractivity contribution in [2.24, 2.45) is 0 Å². The van der Waals surface area contributed by atoms with E-state index < -0.39 is 5.82 Å². The molecule has 154 valence electrons. The molecule has 0 unspecified atom stereocenters. The van der Waals surface area contributed by atoms with E-state index in [0.717, 1.165) is 37.9 Å². The number of Topliss-reactive ketones (excluding diaryl/α,β-unsaturated/α-hetero) is 1. The average Bonchev–Trinajstić information content (AvgIpc) is 3.18. The molecule has 0 saturated carbocycles. The Labute approximate surface area is 187 Å². The number of aromatic nitrogens is 3. The van der Waals surface area contributed by atoms with Crippen LogP contribution in [-0.4, -0.2) is 26.1 Å². The summed E-state index contributed by atoms with van der Waals surface area (Å²) in [6, 6.07) is 6.42. The Balaban J connectivity index is 1.62. The van der Waals surface area contributed by atoms with E-state index in [2.05, 4.69) is 23.8 Å². The molecule has 0 atom stereocenters. The van der Waals surface area contributed by atoms with Gasteiger partial charge in [0.15, 0.2) is 5.78 Å². The predicted molar refractivity (Wildman–Crippen MR) is 122 cm³/mol. The van der Waals surface area contributed by atoms with E-state index in [1.165, 1.54) is 22.7 Å². The van der Waals surface area contributed by atoms with Crippen molar-refractivity contribution in [3.8, 4) is 5.69 Å². The molecule has 8 heteroatoms. The molecule has 0 saturated heterocycles. The SMILES string of the molecule is Cc1sc2ncnc(SCC(=O)c3cc(C)n(-c4ccc(F)c(Cl)c4)c3C)c2c1C. The van der Waals surface area contributed by atoms with Gasteiger partial charge in [-0.3, -0.25) is 4.79 Å². The second-order valence-electron chi connectivity index (χ2n) is 7.07. The fourth-order valence-electron chi connectivity index (χ4n) is 3.54. The standard InChI is InChI=1S/C22H19ClFN3OS2/c1-11-7-16(13(3)27(11)15-5-6-18(24)17(23)8-15)19(28)9-29-21-20-12(2)14(4)30-22(20)26-10-25-21/h5-8,10H,9H2,1-4H3. The number of fused-ring (bicyclic) bond motifs is 1. The van der Waals surface area contributed by atoms with Crippen LogP contribution in [0.2, 0.25) is 5.02 Å². The highest BCUT2D eigenvalue weighted by Gasteiger charge is 2.19. The Bertz CT molecular complexity index is 1300. The maximum absolute atomic E-state index is 13.5. The number of rotatable bonds is 5. The summed E-state index contributed by atoms with van der Waals surface area (Å²) in [5.74, 6) is -0.177. The summed E-state index contributed by atoms with van der Waals surface area (Å²) in [6.07, 6.45) is 1.55. The van der Waals surface area contributed by atoms with Crippen LogP contribution in [0.1, 0.15) is 32.2 Å². The van der Waals surface area contributed by atoms with E-state index in [0.29, 0.717) is 5.56 Å². The first-order chi connectivity index (χ1) is 14.3. The van der Waals surface area contributed by atoms with Gasteiger partial charge in [0.2, 0.25) is 0 Å². The molecule has 0 radical (unpaired) electrons. The second kappa shape index (κ2) is 8.13. The maximum atomic E-state index is 13.5. The van der Waals surface area contributed by atoms with Crippen molar-refractivity contribution in [2.45, 2.75) is 32.7 Å². The average molecular weight is 460 g/mol. The quantitative estimate of drug-likeness (QED) is 0.194. The van der Waals surface area contributed by atoms with Crippen LogP contribution in [-0.2, 0) is 0 Å². The van der Waals surface area contributed by atoms with Gasteiger partial charge in [-0.15, -0.1) is 11.3 Å². The van der Waals surface area contributed by atoms with Crippen LogP contribution in [0.3, 0.4) is 0 Å². The molecule has 0 amide bonds. The molecule has 1 aromatic carbocycles. The molecule has 0 fully saturated rings. The highest BCUT2D eigenvalue weighted by molar-refractivity contribution is 8.00. The van der Waals surface area contributed by atoms with E-state index in [1.54, 1.807) is 29.8 Å². The summed E-state index contributed by atoms with van der Waals surface area (Å²) >= 11 is 9.02. The largest absolute Gasteiger partial charge is 0.318 e. The number of halogens is 2. The van der Waals surface area contributed by atoms with Gasteiger partial charge in [0, 0.05) is 32.9 Å². The molecule has 0 aliphatic heterocycles. The van der Waals surface area contributed by atoms with E-state index in [9.17, 15) is 9.18 Å². The fraction of sp³-hybridized carbons (Fsp3) is 0.227. The van der Waals surface area contributed by atoms with Gasteiger partial charge >= 0.3 is 0 Å². The Morgan fingerprint density at radius 3 is 2.70 bits per heavy atom. The lowest BCUT2D eigenvalue weighted by Gasteiger charge is -2.10. The van der Waals surface area contributed by atoms with Crippen molar-refractivity contribution in [2.75, 3.05) is 5.75 Å². The van der Waals surface area contributed by atoms with Crippen LogP contribution in [0.5, 0.6) is 0 Å². The number of benzene rings is 1. The molecule has 0 spiro atoms. The minimum Gasteiger partial charge on any atom is -0.318 e. The molecular weight excluding hydrogens is 441 g/mol. The van der Waals surface area contributed by atoms with E-state index >= 15 is 0 Å². The fourth-order valence-corrected chi connectivity index (χ4v) is 5.71. The molecule has 0 bridgehead atoms. The number of thiophene rings is 1. The lowest BCUT2D eigenvalue weighted by atomic mass is 10.2. The third-order valence-corrected chi connectivity index (χ3v) is 7.56. The van der Waals surface area contributed by atoms with Gasteiger partial charge in [-0.2, -0.15) is 0 Å². The topological polar surface area (TPSA) is 47.8 Å². The predicted octanol–water partition coefficient (Wildman–Crippen LogP) is 6.48. The lowest BCUT2D eigenvalue weighted by Crippen LogP contribution is -2.06. The van der Waals surface area contributed by atoms with E-state index in [4.69, 9.17) is 11.6 Å². The normalized spacial score (nSPS) is 11.4. The van der Waals surface area contributed by atoms with Gasteiger partial charge in [0.1, 0.15) is 22.0 Å². The first-order valence-electron chi connectivity index (χ1n) is 9.29. The van der Waals surface area contributed by atoms with Crippen LogP contribution in [0.4, 0.5) is 4.39 Å². The molecule has 3 aromatic heterocycles. The third kappa shape index (κ3) is 3.66. The molecule has 0 N–H and O–H groups in total. The minimum absolute atomic E-state index is 0.0175. The zero-order valence-corrected chi connectivity index (χ0v) is 19.3. The number of hydrogen-bond donors (Lipinski definition) is 0. The second-order valence-corrected chi connectivity index (χ2v) is 9.65. The van der Waals surface area contributed by atoms with Gasteiger partial charge in [0.05, 0.1) is 10.8 Å². The first kappa shape index (κ1) is 21.0. The van der Waals surface area contributed by atoms with Crippen molar-refractivity contribution in [1.29, 1.82) is 0 Å². The Kier molecular flexibility index (Phi) is 5.70. The molecular formula is C22H19ClFN3OS2. The van der Waals surface area contributed by atoms with Gasteiger partial charge in [-0.1, -0.05) is 23.4 Å². The summed E-state index contributed by atoms with van der Waals surface area (Å²) in [5.41, 5.74) is 4.22. The monoisotopic (exact) mass is 459 g/mol. The molecule has 0 aliphatic rings. The number of hydrogen-bond acceptors (Lipinski definition) is 5. The minimum atomic E-state index is -0.467. The summed E-state index contributed by atoms with van der Waals surface area (Å²) < 4.78 is 15.5. The Morgan fingerprint density at radius 1 is 1.20 bits per heavy atom. The molecule has 30 heavy (non-hydrogen) atoms. The van der Waals surface area contributed by atoms with Crippen molar-refractivity contribution in [3.05, 3.63) is 68.8 Å². The van der Waals surface area contributed by atoms with Crippen LogP contribution >= 0.6 is 34.7 Å². The van der Waals surface area contributed by atoms with Crippen LogP contribution in [0, 0.1) is 33.5 Å². The molecule has 3 heterocycles. The maximum Gasteiger partial charge on any atom is 0.174 e. The molecule has 0 aliphatic carbocycles. The third-order valence-electron chi connectivity index (χ3n) is 5.16. The summed E-state index contributed by atoms with van der Waals surface area (Å²) in [6.45, 7) is 7.93. The van der Waals surface area contributed by atoms with Gasteiger partial charge in [-0.25, -0.2) is 14.4 Å². The van der Waals surface area contributed by atoms with Crippen molar-refractivity contribution < 1.29 is 9.18 Å². The Morgan fingerprint density at radius 2 is 1.97 bits per heavy atom. The molecule has 4 aromatic rings. The number of nitrogens with zero attached hydrogens (tertiary/aromatic N) is 3. The first-order valence-corrected chi connectivity index (χ1v) is 11.5. The van der Waals surface area contributed by atoms with E-state index in [1.807, 2.05) is 24.5 Å². The summed E-state index contributed by atoms with van der Waals surface area (Å²) in [7, 11) is 0. The zero-order valence-electron chi connectivity index (χ0n) is 16.9. The highest BCUT2D eigenvalue weighted by Crippen LogP contribution is 2.35. The van der Waals surface area contributed by atoms with Crippen LogP contribution in [0.25, 0.3) is 15.9 Å². The van der Waals surface area contributed by atoms with Crippen LogP contribution in [0.15, 0.2) is 35.6 Å².